The summed E-state index contributed by atoms with van der Waals surface area (Å²) in [6.45, 7) is 2.15. The fraction of sp³-hybridized carbons (Fsp3) is 0.545. The lowest BCUT2D eigenvalue weighted by Crippen LogP contribution is -2.13. The van der Waals surface area contributed by atoms with Crippen LogP contribution in [0.15, 0.2) is 30.3 Å². The summed E-state index contributed by atoms with van der Waals surface area (Å²) in [6, 6.07) is 8.61. The van der Waals surface area contributed by atoms with Gasteiger partial charge < -0.3 is 5.11 Å². The van der Waals surface area contributed by atoms with Crippen LogP contribution < -0.4 is 0 Å². The lowest BCUT2D eigenvalue weighted by molar-refractivity contribution is -0.137. The Morgan fingerprint density at radius 2 is 1.88 bits per heavy atom. The Balaban J connectivity index is 1.79. The molecule has 1 aromatic rings. The van der Waals surface area contributed by atoms with Crippen molar-refractivity contribution in [2.24, 2.45) is 11.8 Å². The molecule has 1 aliphatic rings. The van der Waals surface area contributed by atoms with E-state index in [-0.39, 0.29) is 12.3 Å². The highest BCUT2D eigenvalue weighted by atomic mass is 16.4. The van der Waals surface area contributed by atoms with Crippen LogP contribution in [0.1, 0.15) is 69.4 Å². The van der Waals surface area contributed by atoms with Gasteiger partial charge in [0.05, 0.1) is 0 Å². The molecule has 0 heterocycles. The fourth-order valence-corrected chi connectivity index (χ4v) is 3.63. The standard InChI is InChI=1S/C22H30O3/c1-2-17-9-11-18(12-10-17)13-14-19-15-16-21(23)20(19)7-5-3-4-6-8-22(24)25/h9-14,19-20H,2-8,15-16H2,1H3,(H,24,25)/t19-,20+/m1/s1. The summed E-state index contributed by atoms with van der Waals surface area (Å²) >= 11 is 0. The lowest BCUT2D eigenvalue weighted by Gasteiger charge is -2.14. The minimum Gasteiger partial charge on any atom is -0.481 e. The second-order valence-electron chi connectivity index (χ2n) is 7.08. The van der Waals surface area contributed by atoms with Crippen LogP contribution in [0.5, 0.6) is 0 Å². The maximum absolute atomic E-state index is 12.2. The van der Waals surface area contributed by atoms with Gasteiger partial charge in [-0.2, -0.15) is 0 Å². The second-order valence-corrected chi connectivity index (χ2v) is 7.08. The smallest absolute Gasteiger partial charge is 0.303 e. The van der Waals surface area contributed by atoms with Gasteiger partial charge in [-0.05, 0) is 42.7 Å². The summed E-state index contributed by atoms with van der Waals surface area (Å²) in [7, 11) is 0. The zero-order valence-electron chi connectivity index (χ0n) is 15.2. The van der Waals surface area contributed by atoms with Crippen LogP contribution in [0.3, 0.4) is 0 Å². The summed E-state index contributed by atoms with van der Waals surface area (Å²) in [4.78, 5) is 22.7. The second kappa shape index (κ2) is 10.2. The van der Waals surface area contributed by atoms with Gasteiger partial charge in [-0.3, -0.25) is 9.59 Å². The first-order valence-corrected chi connectivity index (χ1v) is 9.61. The minimum atomic E-state index is -0.719. The molecule has 1 saturated carbocycles. The normalized spacial score (nSPS) is 20.4. The van der Waals surface area contributed by atoms with Crippen molar-refractivity contribution < 1.29 is 14.7 Å². The van der Waals surface area contributed by atoms with Crippen molar-refractivity contribution in [2.45, 2.75) is 64.7 Å². The molecule has 3 heteroatoms. The molecule has 0 bridgehead atoms. The van der Waals surface area contributed by atoms with Gasteiger partial charge in [0.1, 0.15) is 5.78 Å². The molecular weight excluding hydrogens is 312 g/mol. The maximum Gasteiger partial charge on any atom is 0.303 e. The molecule has 0 amide bonds. The topological polar surface area (TPSA) is 54.4 Å². The summed E-state index contributed by atoms with van der Waals surface area (Å²) in [5.74, 6) is 0.202. The molecule has 136 valence electrons. The van der Waals surface area contributed by atoms with E-state index in [1.807, 2.05) is 0 Å². The molecule has 1 N–H and O–H groups in total. The Kier molecular flexibility index (Phi) is 7.90. The van der Waals surface area contributed by atoms with Gasteiger partial charge in [0.25, 0.3) is 0 Å². The molecule has 0 saturated heterocycles. The lowest BCUT2D eigenvalue weighted by atomic mass is 9.89. The van der Waals surface area contributed by atoms with Crippen molar-refractivity contribution in [3.05, 3.63) is 41.5 Å². The number of unbranched alkanes of at least 4 members (excludes halogenated alkanes) is 3. The van der Waals surface area contributed by atoms with E-state index < -0.39 is 5.97 Å². The average molecular weight is 342 g/mol. The van der Waals surface area contributed by atoms with Gasteiger partial charge in [0, 0.05) is 18.8 Å². The van der Waals surface area contributed by atoms with Crippen LogP contribution in [0, 0.1) is 11.8 Å². The van der Waals surface area contributed by atoms with Gasteiger partial charge in [-0.1, -0.05) is 62.6 Å². The van der Waals surface area contributed by atoms with Crippen LogP contribution in [0.2, 0.25) is 0 Å². The largest absolute Gasteiger partial charge is 0.481 e. The van der Waals surface area contributed by atoms with Crippen molar-refractivity contribution in [3.63, 3.8) is 0 Å². The number of aryl methyl sites for hydroxylation is 1. The first-order valence-electron chi connectivity index (χ1n) is 9.61. The molecule has 1 aliphatic carbocycles. The van der Waals surface area contributed by atoms with Crippen molar-refractivity contribution in [2.75, 3.05) is 0 Å². The number of aliphatic carboxylic acids is 1. The quantitative estimate of drug-likeness (QED) is 0.588. The van der Waals surface area contributed by atoms with Gasteiger partial charge in [-0.15, -0.1) is 0 Å². The Bertz CT molecular complexity index is 586. The summed E-state index contributed by atoms with van der Waals surface area (Å²) in [5.41, 5.74) is 2.54. The molecule has 0 aromatic heterocycles. The highest BCUT2D eigenvalue weighted by Crippen LogP contribution is 2.34. The number of hydrogen-bond donors (Lipinski definition) is 1. The molecule has 0 radical (unpaired) electrons. The number of benzene rings is 1. The van der Waals surface area contributed by atoms with E-state index in [1.54, 1.807) is 0 Å². The molecule has 25 heavy (non-hydrogen) atoms. The van der Waals surface area contributed by atoms with E-state index in [0.717, 1.165) is 44.9 Å². The van der Waals surface area contributed by atoms with E-state index in [1.165, 1.54) is 11.1 Å². The number of ketones is 1. The molecule has 0 spiro atoms. The number of hydrogen-bond acceptors (Lipinski definition) is 2. The van der Waals surface area contributed by atoms with Crippen molar-refractivity contribution >= 4 is 17.8 Å². The Hall–Kier alpha value is -1.90. The van der Waals surface area contributed by atoms with Crippen LogP contribution in [0.4, 0.5) is 0 Å². The van der Waals surface area contributed by atoms with E-state index >= 15 is 0 Å². The molecule has 2 rings (SSSR count). The van der Waals surface area contributed by atoms with Crippen LogP contribution in [-0.2, 0) is 16.0 Å². The third-order valence-corrected chi connectivity index (χ3v) is 5.23. The SMILES string of the molecule is CCc1ccc(C=C[C@@H]2CCC(=O)[C@H]2CCCCCCC(=O)O)cc1. The fourth-order valence-electron chi connectivity index (χ4n) is 3.63. The zero-order valence-corrected chi connectivity index (χ0v) is 15.2. The number of rotatable bonds is 10. The first-order chi connectivity index (χ1) is 12.1. The van der Waals surface area contributed by atoms with E-state index in [4.69, 9.17) is 5.11 Å². The number of carbonyl (C=O) groups is 2. The molecular formula is C22H30O3. The molecule has 1 aromatic carbocycles. The number of carboxylic acid groups (broad SMARTS) is 1. The number of carbonyl (C=O) groups excluding carboxylic acids is 1. The monoisotopic (exact) mass is 342 g/mol. The van der Waals surface area contributed by atoms with Gasteiger partial charge in [0.2, 0.25) is 0 Å². The van der Waals surface area contributed by atoms with Crippen LogP contribution in [-0.4, -0.2) is 16.9 Å². The van der Waals surface area contributed by atoms with Gasteiger partial charge >= 0.3 is 5.97 Å². The minimum absolute atomic E-state index is 0.158. The van der Waals surface area contributed by atoms with Gasteiger partial charge in [-0.25, -0.2) is 0 Å². The van der Waals surface area contributed by atoms with E-state index in [9.17, 15) is 9.59 Å². The predicted octanol–water partition coefficient (Wildman–Crippen LogP) is 5.28. The summed E-state index contributed by atoms with van der Waals surface area (Å²) in [6.07, 6.45) is 12.0. The van der Waals surface area contributed by atoms with Gasteiger partial charge in [0.15, 0.2) is 0 Å². The highest BCUT2D eigenvalue weighted by molar-refractivity contribution is 5.84. The average Bonchev–Trinajstić information content (AvgIpc) is 2.96. The summed E-state index contributed by atoms with van der Waals surface area (Å²) < 4.78 is 0. The molecule has 1 fully saturated rings. The molecule has 0 unspecified atom stereocenters. The third kappa shape index (κ3) is 6.49. The highest BCUT2D eigenvalue weighted by Gasteiger charge is 2.32. The number of carboxylic acids is 1. The van der Waals surface area contributed by atoms with Crippen molar-refractivity contribution in [1.29, 1.82) is 0 Å². The van der Waals surface area contributed by atoms with Crippen molar-refractivity contribution in [1.82, 2.24) is 0 Å². The zero-order chi connectivity index (χ0) is 18.1. The van der Waals surface area contributed by atoms with Crippen LogP contribution in [0.25, 0.3) is 6.08 Å². The molecule has 2 atom stereocenters. The predicted molar refractivity (Wildman–Crippen MR) is 101 cm³/mol. The number of Topliss-reactive ketones (excluding diaryl/α,β-unsaturated/α-hetero) is 1. The number of allylic oxidation sites excluding steroid dienone is 1. The maximum atomic E-state index is 12.2. The van der Waals surface area contributed by atoms with E-state index in [2.05, 4.69) is 43.3 Å². The Labute approximate surface area is 151 Å². The molecule has 0 aliphatic heterocycles. The first kappa shape index (κ1) is 19.4. The Morgan fingerprint density at radius 3 is 2.56 bits per heavy atom. The Morgan fingerprint density at radius 1 is 1.16 bits per heavy atom. The molecule has 3 nitrogen and oxygen atoms in total. The van der Waals surface area contributed by atoms with E-state index in [0.29, 0.717) is 18.1 Å². The van der Waals surface area contributed by atoms with Crippen molar-refractivity contribution in [3.8, 4) is 0 Å². The third-order valence-electron chi connectivity index (χ3n) is 5.23. The van der Waals surface area contributed by atoms with Crippen LogP contribution >= 0.6 is 0 Å². The summed E-state index contributed by atoms with van der Waals surface area (Å²) in [5, 5.41) is 8.64.